The number of imidazole rings is 1. The molecule has 20 heavy (non-hydrogen) atoms. The molecule has 0 saturated heterocycles. The Morgan fingerprint density at radius 3 is 3.00 bits per heavy atom. The maximum absolute atomic E-state index is 6.00. The van der Waals surface area contributed by atoms with Crippen molar-refractivity contribution >= 4 is 17.4 Å². The van der Waals surface area contributed by atoms with Crippen LogP contribution in [0.15, 0.2) is 18.7 Å². The Kier molecular flexibility index (Phi) is 4.16. The molecule has 0 aromatic carbocycles. The normalized spacial score (nSPS) is 14.1. The molecular weight excluding hydrogens is 274 g/mol. The second-order valence-electron chi connectivity index (χ2n) is 5.05. The summed E-state index contributed by atoms with van der Waals surface area (Å²) in [5.74, 6) is 0.922. The minimum Gasteiger partial charge on any atom is -0.370 e. The molecule has 0 bridgehead atoms. The van der Waals surface area contributed by atoms with E-state index >= 15 is 0 Å². The first-order chi connectivity index (χ1) is 9.83. The standard InChI is InChI=1S/C14H18ClN5/c15-14-18-12-5-2-1-4-11(12)13(19-14)17-6-3-8-20-9-7-16-10-20/h7,9-10H,1-6,8H2,(H,17,18,19). The second-order valence-corrected chi connectivity index (χ2v) is 5.39. The lowest BCUT2D eigenvalue weighted by Crippen LogP contribution is -2.14. The van der Waals surface area contributed by atoms with Gasteiger partial charge in [-0.05, 0) is 43.7 Å². The summed E-state index contributed by atoms with van der Waals surface area (Å²) < 4.78 is 2.07. The van der Waals surface area contributed by atoms with Crippen molar-refractivity contribution in [2.75, 3.05) is 11.9 Å². The first-order valence-corrected chi connectivity index (χ1v) is 7.45. The van der Waals surface area contributed by atoms with Gasteiger partial charge in [0.1, 0.15) is 5.82 Å². The Morgan fingerprint density at radius 1 is 1.25 bits per heavy atom. The van der Waals surface area contributed by atoms with Gasteiger partial charge in [-0.2, -0.15) is 0 Å². The number of hydrogen-bond acceptors (Lipinski definition) is 4. The van der Waals surface area contributed by atoms with E-state index in [1.807, 2.05) is 12.5 Å². The van der Waals surface area contributed by atoms with Crippen LogP contribution in [-0.4, -0.2) is 26.1 Å². The Labute approximate surface area is 123 Å². The van der Waals surface area contributed by atoms with E-state index in [1.54, 1.807) is 6.20 Å². The van der Waals surface area contributed by atoms with Crippen molar-refractivity contribution < 1.29 is 0 Å². The molecule has 0 spiro atoms. The summed E-state index contributed by atoms with van der Waals surface area (Å²) >= 11 is 6.00. The Balaban J connectivity index is 1.60. The van der Waals surface area contributed by atoms with Gasteiger partial charge in [-0.25, -0.2) is 15.0 Å². The zero-order chi connectivity index (χ0) is 13.8. The Bertz CT molecular complexity index is 567. The molecule has 6 heteroatoms. The molecule has 0 fully saturated rings. The molecular formula is C14H18ClN5. The van der Waals surface area contributed by atoms with E-state index in [1.165, 1.54) is 18.4 Å². The average molecular weight is 292 g/mol. The SMILES string of the molecule is Clc1nc2c(c(NCCCn3ccnc3)n1)CCCC2. The maximum atomic E-state index is 6.00. The Hall–Kier alpha value is -1.62. The molecule has 0 atom stereocenters. The van der Waals surface area contributed by atoms with Crippen molar-refractivity contribution in [3.05, 3.63) is 35.3 Å². The minimum absolute atomic E-state index is 0.350. The number of anilines is 1. The highest BCUT2D eigenvalue weighted by atomic mass is 35.5. The van der Waals surface area contributed by atoms with Gasteiger partial charge in [0, 0.05) is 31.0 Å². The molecule has 1 aliphatic rings. The number of halogens is 1. The monoisotopic (exact) mass is 291 g/mol. The largest absolute Gasteiger partial charge is 0.370 e. The highest BCUT2D eigenvalue weighted by Crippen LogP contribution is 2.26. The number of fused-ring (bicyclic) bond motifs is 1. The van der Waals surface area contributed by atoms with Crippen molar-refractivity contribution in [2.45, 2.75) is 38.6 Å². The van der Waals surface area contributed by atoms with E-state index in [0.29, 0.717) is 5.28 Å². The van der Waals surface area contributed by atoms with Crippen LogP contribution in [0.1, 0.15) is 30.5 Å². The molecule has 5 nitrogen and oxygen atoms in total. The molecule has 1 N–H and O–H groups in total. The summed E-state index contributed by atoms with van der Waals surface area (Å²) in [6.07, 6.45) is 11.1. The summed E-state index contributed by atoms with van der Waals surface area (Å²) in [7, 11) is 0. The summed E-state index contributed by atoms with van der Waals surface area (Å²) in [5, 5.41) is 3.76. The minimum atomic E-state index is 0.350. The Morgan fingerprint density at radius 2 is 2.15 bits per heavy atom. The highest BCUT2D eigenvalue weighted by Gasteiger charge is 2.16. The first-order valence-electron chi connectivity index (χ1n) is 7.08. The van der Waals surface area contributed by atoms with Gasteiger partial charge in [-0.3, -0.25) is 0 Å². The van der Waals surface area contributed by atoms with E-state index in [0.717, 1.165) is 43.9 Å². The third kappa shape index (κ3) is 3.10. The average Bonchev–Trinajstić information content (AvgIpc) is 2.96. The van der Waals surface area contributed by atoms with Gasteiger partial charge in [-0.1, -0.05) is 0 Å². The summed E-state index contributed by atoms with van der Waals surface area (Å²) in [6, 6.07) is 0. The zero-order valence-corrected chi connectivity index (χ0v) is 12.1. The van der Waals surface area contributed by atoms with E-state index < -0.39 is 0 Å². The fourth-order valence-corrected chi connectivity index (χ4v) is 2.78. The van der Waals surface area contributed by atoms with E-state index in [2.05, 4.69) is 24.8 Å². The van der Waals surface area contributed by atoms with Gasteiger partial charge in [0.05, 0.1) is 12.0 Å². The number of rotatable bonds is 5. The smallest absolute Gasteiger partial charge is 0.224 e. The molecule has 1 aliphatic carbocycles. The van der Waals surface area contributed by atoms with Crippen LogP contribution in [-0.2, 0) is 19.4 Å². The van der Waals surface area contributed by atoms with Crippen molar-refractivity contribution in [3.63, 3.8) is 0 Å². The van der Waals surface area contributed by atoms with Gasteiger partial charge in [0.2, 0.25) is 5.28 Å². The van der Waals surface area contributed by atoms with Crippen LogP contribution >= 0.6 is 11.6 Å². The van der Waals surface area contributed by atoms with E-state index in [9.17, 15) is 0 Å². The molecule has 2 aromatic rings. The van der Waals surface area contributed by atoms with Crippen molar-refractivity contribution in [1.29, 1.82) is 0 Å². The van der Waals surface area contributed by atoms with Crippen LogP contribution < -0.4 is 5.32 Å². The lowest BCUT2D eigenvalue weighted by atomic mass is 9.96. The van der Waals surface area contributed by atoms with Crippen LogP contribution in [0.5, 0.6) is 0 Å². The molecule has 0 aliphatic heterocycles. The number of aromatic nitrogens is 4. The van der Waals surface area contributed by atoms with Crippen LogP contribution in [0.4, 0.5) is 5.82 Å². The molecule has 3 rings (SSSR count). The molecule has 106 valence electrons. The summed E-state index contributed by atoms with van der Waals surface area (Å²) in [5.41, 5.74) is 2.37. The van der Waals surface area contributed by atoms with Gasteiger partial charge in [-0.15, -0.1) is 0 Å². The van der Waals surface area contributed by atoms with Crippen molar-refractivity contribution in [3.8, 4) is 0 Å². The quantitative estimate of drug-likeness (QED) is 0.680. The number of aryl methyl sites for hydroxylation is 2. The van der Waals surface area contributed by atoms with Crippen LogP contribution in [0.25, 0.3) is 0 Å². The molecule has 0 radical (unpaired) electrons. The van der Waals surface area contributed by atoms with E-state index in [4.69, 9.17) is 11.6 Å². The lowest BCUT2D eigenvalue weighted by molar-refractivity contribution is 0.651. The zero-order valence-electron chi connectivity index (χ0n) is 11.3. The molecule has 0 amide bonds. The molecule has 0 unspecified atom stereocenters. The fourth-order valence-electron chi connectivity index (χ4n) is 2.60. The number of hydrogen-bond donors (Lipinski definition) is 1. The van der Waals surface area contributed by atoms with Gasteiger partial charge in [0.25, 0.3) is 0 Å². The summed E-state index contributed by atoms with van der Waals surface area (Å²) in [6.45, 7) is 1.83. The van der Waals surface area contributed by atoms with Gasteiger partial charge < -0.3 is 9.88 Å². The lowest BCUT2D eigenvalue weighted by Gasteiger charge is -2.18. The topological polar surface area (TPSA) is 55.6 Å². The number of nitrogens with one attached hydrogen (secondary N) is 1. The third-order valence-corrected chi connectivity index (χ3v) is 3.77. The van der Waals surface area contributed by atoms with Crippen molar-refractivity contribution in [2.24, 2.45) is 0 Å². The van der Waals surface area contributed by atoms with Gasteiger partial charge >= 0.3 is 0 Å². The maximum Gasteiger partial charge on any atom is 0.224 e. The van der Waals surface area contributed by atoms with Gasteiger partial charge in [0.15, 0.2) is 0 Å². The predicted octanol–water partition coefficient (Wildman–Crippen LogP) is 2.71. The van der Waals surface area contributed by atoms with Crippen LogP contribution in [0.2, 0.25) is 5.28 Å². The fraction of sp³-hybridized carbons (Fsp3) is 0.500. The highest BCUT2D eigenvalue weighted by molar-refractivity contribution is 6.28. The van der Waals surface area contributed by atoms with Crippen molar-refractivity contribution in [1.82, 2.24) is 19.5 Å². The number of nitrogens with zero attached hydrogens (tertiary/aromatic N) is 4. The third-order valence-electron chi connectivity index (χ3n) is 3.60. The second kappa shape index (κ2) is 6.22. The van der Waals surface area contributed by atoms with Crippen LogP contribution in [0.3, 0.4) is 0 Å². The molecule has 0 saturated carbocycles. The predicted molar refractivity (Wildman–Crippen MR) is 79.0 cm³/mol. The molecule has 2 aromatic heterocycles. The van der Waals surface area contributed by atoms with Crippen LogP contribution in [0, 0.1) is 0 Å². The summed E-state index contributed by atoms with van der Waals surface area (Å²) in [4.78, 5) is 12.7. The molecule has 2 heterocycles. The van der Waals surface area contributed by atoms with E-state index in [-0.39, 0.29) is 0 Å². The first kappa shape index (κ1) is 13.4.